The first-order chi connectivity index (χ1) is 9.34. The molecule has 3 heteroatoms. The van der Waals surface area contributed by atoms with Crippen LogP contribution in [0.25, 0.3) is 0 Å². The molecule has 2 aliphatic rings. The van der Waals surface area contributed by atoms with Gasteiger partial charge in [0.2, 0.25) is 0 Å². The molecule has 1 heterocycles. The molecule has 1 aliphatic carbocycles. The van der Waals surface area contributed by atoms with Gasteiger partial charge in [-0.25, -0.2) is 0 Å². The van der Waals surface area contributed by atoms with Crippen LogP contribution in [0.2, 0.25) is 0 Å². The first-order valence-corrected chi connectivity index (χ1v) is 8.40. The Kier molecular flexibility index (Phi) is 5.14. The van der Waals surface area contributed by atoms with Crippen molar-refractivity contribution in [3.8, 4) is 0 Å². The van der Waals surface area contributed by atoms with Crippen LogP contribution in [-0.2, 0) is 4.74 Å². The molecule has 2 rings (SSSR count). The molecule has 1 saturated heterocycles. The van der Waals surface area contributed by atoms with Gasteiger partial charge >= 0.3 is 0 Å². The zero-order chi connectivity index (χ0) is 14.8. The van der Waals surface area contributed by atoms with Crippen LogP contribution in [0.4, 0.5) is 0 Å². The molecule has 118 valence electrons. The van der Waals surface area contributed by atoms with Crippen LogP contribution in [0.5, 0.6) is 0 Å². The topological polar surface area (TPSA) is 24.5 Å². The number of ether oxygens (including phenoxy) is 1. The van der Waals surface area contributed by atoms with Gasteiger partial charge in [-0.3, -0.25) is 4.90 Å². The maximum absolute atomic E-state index is 5.66. The minimum Gasteiger partial charge on any atom is -0.378 e. The van der Waals surface area contributed by atoms with Gasteiger partial charge in [0.1, 0.15) is 0 Å². The molecule has 0 radical (unpaired) electrons. The first kappa shape index (κ1) is 16.3. The number of rotatable bonds is 4. The second-order valence-electron chi connectivity index (χ2n) is 8.14. The average Bonchev–Trinajstić information content (AvgIpc) is 2.35. The van der Waals surface area contributed by atoms with Gasteiger partial charge in [0.15, 0.2) is 0 Å². The lowest BCUT2D eigenvalue weighted by molar-refractivity contribution is -0.0646. The minimum atomic E-state index is 0.191. The summed E-state index contributed by atoms with van der Waals surface area (Å²) in [5, 5.41) is 3.73. The Bertz CT molecular complexity index is 314. The van der Waals surface area contributed by atoms with Crippen molar-refractivity contribution >= 4 is 0 Å². The molecule has 2 unspecified atom stereocenters. The molecule has 20 heavy (non-hydrogen) atoms. The molecule has 1 aliphatic heterocycles. The van der Waals surface area contributed by atoms with Crippen molar-refractivity contribution in [1.29, 1.82) is 0 Å². The van der Waals surface area contributed by atoms with E-state index in [2.05, 4.69) is 44.8 Å². The van der Waals surface area contributed by atoms with Crippen molar-refractivity contribution in [3.63, 3.8) is 0 Å². The summed E-state index contributed by atoms with van der Waals surface area (Å²) in [6.07, 6.45) is 4.03. The third-order valence-corrected chi connectivity index (χ3v) is 5.25. The normalized spacial score (nSPS) is 34.0. The van der Waals surface area contributed by atoms with E-state index in [1.165, 1.54) is 25.8 Å². The van der Waals surface area contributed by atoms with E-state index >= 15 is 0 Å². The summed E-state index contributed by atoms with van der Waals surface area (Å²) >= 11 is 0. The Labute approximate surface area is 125 Å². The SMILES string of the molecule is CCNC1CCC(C)(C)CC1CN1CCOCC1(C)C. The lowest BCUT2D eigenvalue weighted by Crippen LogP contribution is -2.57. The highest BCUT2D eigenvalue weighted by Gasteiger charge is 2.38. The van der Waals surface area contributed by atoms with Gasteiger partial charge < -0.3 is 10.1 Å². The number of nitrogens with zero attached hydrogens (tertiary/aromatic N) is 1. The lowest BCUT2D eigenvalue weighted by atomic mass is 9.69. The third-order valence-electron chi connectivity index (χ3n) is 5.25. The zero-order valence-electron chi connectivity index (χ0n) is 14.2. The quantitative estimate of drug-likeness (QED) is 0.858. The van der Waals surface area contributed by atoms with E-state index in [4.69, 9.17) is 4.74 Å². The van der Waals surface area contributed by atoms with Gasteiger partial charge in [0.25, 0.3) is 0 Å². The summed E-state index contributed by atoms with van der Waals surface area (Å²) in [6, 6.07) is 0.701. The molecule has 0 spiro atoms. The van der Waals surface area contributed by atoms with Gasteiger partial charge in [-0.1, -0.05) is 20.8 Å². The fraction of sp³-hybridized carbons (Fsp3) is 1.00. The monoisotopic (exact) mass is 282 g/mol. The van der Waals surface area contributed by atoms with Crippen molar-refractivity contribution in [3.05, 3.63) is 0 Å². The second kappa shape index (κ2) is 6.33. The van der Waals surface area contributed by atoms with Crippen LogP contribution < -0.4 is 5.32 Å². The highest BCUT2D eigenvalue weighted by atomic mass is 16.5. The molecular weight excluding hydrogens is 248 g/mol. The largest absolute Gasteiger partial charge is 0.378 e. The summed E-state index contributed by atoms with van der Waals surface area (Å²) < 4.78 is 5.66. The van der Waals surface area contributed by atoms with Crippen LogP contribution >= 0.6 is 0 Å². The Morgan fingerprint density at radius 3 is 2.65 bits per heavy atom. The number of nitrogens with one attached hydrogen (secondary N) is 1. The van der Waals surface area contributed by atoms with Crippen LogP contribution in [0, 0.1) is 11.3 Å². The molecule has 0 aromatic heterocycles. The summed E-state index contributed by atoms with van der Waals surface area (Å²) in [5.74, 6) is 0.774. The van der Waals surface area contributed by atoms with E-state index in [-0.39, 0.29) is 5.54 Å². The van der Waals surface area contributed by atoms with Crippen LogP contribution in [0.1, 0.15) is 53.9 Å². The lowest BCUT2D eigenvalue weighted by Gasteiger charge is -2.48. The molecular formula is C17H34N2O. The summed E-state index contributed by atoms with van der Waals surface area (Å²) in [5.41, 5.74) is 0.698. The van der Waals surface area contributed by atoms with Crippen molar-refractivity contribution in [1.82, 2.24) is 10.2 Å². The number of hydrogen-bond acceptors (Lipinski definition) is 3. The minimum absolute atomic E-state index is 0.191. The van der Waals surface area contributed by atoms with Gasteiger partial charge in [-0.15, -0.1) is 0 Å². The van der Waals surface area contributed by atoms with Crippen LogP contribution in [-0.4, -0.2) is 49.3 Å². The van der Waals surface area contributed by atoms with Gasteiger partial charge in [-0.05, 0) is 51.0 Å². The van der Waals surface area contributed by atoms with Crippen molar-refractivity contribution in [2.75, 3.05) is 32.8 Å². The predicted molar refractivity (Wildman–Crippen MR) is 85.1 cm³/mol. The third kappa shape index (κ3) is 3.96. The molecule has 0 aromatic carbocycles. The molecule has 2 atom stereocenters. The highest BCUT2D eigenvalue weighted by Crippen LogP contribution is 2.39. The number of hydrogen-bond donors (Lipinski definition) is 1. The van der Waals surface area contributed by atoms with E-state index in [1.807, 2.05) is 0 Å². The number of morpholine rings is 1. The average molecular weight is 282 g/mol. The van der Waals surface area contributed by atoms with Gasteiger partial charge in [0.05, 0.1) is 13.2 Å². The fourth-order valence-electron chi connectivity index (χ4n) is 3.97. The zero-order valence-corrected chi connectivity index (χ0v) is 14.2. The smallest absolute Gasteiger partial charge is 0.0645 e. The predicted octanol–water partition coefficient (Wildman–Crippen LogP) is 2.90. The molecule has 2 fully saturated rings. The van der Waals surface area contributed by atoms with E-state index in [9.17, 15) is 0 Å². The molecule has 1 N–H and O–H groups in total. The van der Waals surface area contributed by atoms with Crippen molar-refractivity contribution in [2.24, 2.45) is 11.3 Å². The Hall–Kier alpha value is -0.120. The van der Waals surface area contributed by atoms with E-state index < -0.39 is 0 Å². The standard InChI is InChI=1S/C17H34N2O/c1-6-18-15-7-8-16(2,3)11-14(15)12-19-9-10-20-13-17(19,4)5/h14-15,18H,6-13H2,1-5H3. The summed E-state index contributed by atoms with van der Waals surface area (Å²) in [4.78, 5) is 2.66. The Balaban J connectivity index is 2.02. The molecule has 0 aromatic rings. The van der Waals surface area contributed by atoms with Crippen molar-refractivity contribution in [2.45, 2.75) is 65.5 Å². The van der Waals surface area contributed by atoms with Crippen LogP contribution in [0.3, 0.4) is 0 Å². The van der Waals surface area contributed by atoms with Gasteiger partial charge in [0, 0.05) is 24.7 Å². The van der Waals surface area contributed by atoms with E-state index in [1.54, 1.807) is 0 Å². The molecule has 0 amide bonds. The van der Waals surface area contributed by atoms with Gasteiger partial charge in [-0.2, -0.15) is 0 Å². The van der Waals surface area contributed by atoms with Crippen LogP contribution in [0.15, 0.2) is 0 Å². The highest BCUT2D eigenvalue weighted by molar-refractivity contribution is 4.93. The molecule has 1 saturated carbocycles. The van der Waals surface area contributed by atoms with E-state index in [0.717, 1.165) is 32.2 Å². The fourth-order valence-corrected chi connectivity index (χ4v) is 3.97. The van der Waals surface area contributed by atoms with Crippen molar-refractivity contribution < 1.29 is 4.74 Å². The summed E-state index contributed by atoms with van der Waals surface area (Å²) in [7, 11) is 0. The Morgan fingerprint density at radius 2 is 2.00 bits per heavy atom. The van der Waals surface area contributed by atoms with E-state index in [0.29, 0.717) is 11.5 Å². The summed E-state index contributed by atoms with van der Waals surface area (Å²) in [6.45, 7) is 16.9. The maximum atomic E-state index is 5.66. The first-order valence-electron chi connectivity index (χ1n) is 8.40. The second-order valence-corrected chi connectivity index (χ2v) is 8.14. The maximum Gasteiger partial charge on any atom is 0.0645 e. The Morgan fingerprint density at radius 1 is 1.25 bits per heavy atom. The molecule has 0 bridgehead atoms. The molecule has 3 nitrogen and oxygen atoms in total.